The summed E-state index contributed by atoms with van der Waals surface area (Å²) in [5.74, 6) is 0.798. The second-order valence-electron chi connectivity index (χ2n) is 4.71. The predicted molar refractivity (Wildman–Crippen MR) is 96.3 cm³/mol. The summed E-state index contributed by atoms with van der Waals surface area (Å²) in [5, 5.41) is 5.03. The number of aryl methyl sites for hydroxylation is 1. The highest BCUT2D eigenvalue weighted by molar-refractivity contribution is 9.10. The molecule has 0 aliphatic rings. The number of benzene rings is 2. The highest BCUT2D eigenvalue weighted by Gasteiger charge is 2.04. The number of rotatable bonds is 4. The average molecular weight is 376 g/mol. The summed E-state index contributed by atoms with van der Waals surface area (Å²) >= 11 is 5.06. The number of ether oxygens (including phenoxy) is 1. The Balaban J connectivity index is 1.75. The molecule has 0 saturated heterocycles. The Labute approximate surface area is 141 Å². The predicted octanol–water partition coefficient (Wildman–Crippen LogP) is 4.82. The molecule has 1 aromatic heterocycles. The largest absolute Gasteiger partial charge is 0.496 e. The van der Waals surface area contributed by atoms with Crippen LogP contribution in [0.5, 0.6) is 5.75 Å². The third-order valence-corrected chi connectivity index (χ3v) is 4.89. The monoisotopic (exact) mass is 375 g/mol. The Hall–Kier alpha value is -1.92. The summed E-state index contributed by atoms with van der Waals surface area (Å²) in [6.45, 7) is 2.09. The molecular formula is C16H14BrN3OS. The van der Waals surface area contributed by atoms with Crippen LogP contribution in [0.2, 0.25) is 0 Å². The van der Waals surface area contributed by atoms with Gasteiger partial charge in [0.15, 0.2) is 0 Å². The third-order valence-electron chi connectivity index (χ3n) is 3.16. The Morgan fingerprint density at radius 1 is 1.32 bits per heavy atom. The quantitative estimate of drug-likeness (QED) is 0.525. The van der Waals surface area contributed by atoms with Gasteiger partial charge >= 0.3 is 0 Å². The van der Waals surface area contributed by atoms with E-state index in [9.17, 15) is 0 Å². The zero-order valence-electron chi connectivity index (χ0n) is 12.1. The lowest BCUT2D eigenvalue weighted by molar-refractivity contribution is 0.412. The number of aromatic nitrogens is 1. The van der Waals surface area contributed by atoms with Crippen LogP contribution in [0.4, 0.5) is 5.13 Å². The van der Waals surface area contributed by atoms with Gasteiger partial charge in [-0.05, 0) is 58.2 Å². The third kappa shape index (κ3) is 3.13. The van der Waals surface area contributed by atoms with Crippen molar-refractivity contribution in [3.8, 4) is 5.75 Å². The van der Waals surface area contributed by atoms with Gasteiger partial charge in [0.1, 0.15) is 5.75 Å². The van der Waals surface area contributed by atoms with Gasteiger partial charge in [-0.1, -0.05) is 23.5 Å². The summed E-state index contributed by atoms with van der Waals surface area (Å²) in [4.78, 5) is 4.51. The number of fused-ring (bicyclic) bond motifs is 1. The van der Waals surface area contributed by atoms with E-state index in [2.05, 4.69) is 44.4 Å². The first kappa shape index (κ1) is 15.0. The minimum atomic E-state index is 0.785. The van der Waals surface area contributed by atoms with E-state index in [1.807, 2.05) is 30.3 Å². The normalized spacial score (nSPS) is 11.2. The maximum absolute atomic E-state index is 5.20. The molecule has 0 saturated carbocycles. The van der Waals surface area contributed by atoms with Gasteiger partial charge in [-0.15, -0.1) is 0 Å². The zero-order chi connectivity index (χ0) is 15.5. The van der Waals surface area contributed by atoms with Crippen molar-refractivity contribution in [3.05, 3.63) is 52.0 Å². The van der Waals surface area contributed by atoms with E-state index in [0.717, 1.165) is 26.4 Å². The first-order valence-corrected chi connectivity index (χ1v) is 8.27. The fourth-order valence-electron chi connectivity index (χ4n) is 2.06. The highest BCUT2D eigenvalue weighted by Crippen LogP contribution is 2.28. The molecule has 0 unspecified atom stereocenters. The fraction of sp³-hybridized carbons (Fsp3) is 0.125. The lowest BCUT2D eigenvalue weighted by Crippen LogP contribution is -1.91. The molecule has 4 nitrogen and oxygen atoms in total. The molecule has 6 heteroatoms. The molecule has 112 valence electrons. The number of halogens is 1. The van der Waals surface area contributed by atoms with E-state index in [-0.39, 0.29) is 0 Å². The number of thiazole rings is 1. The molecule has 0 radical (unpaired) electrons. The number of hydrogen-bond acceptors (Lipinski definition) is 5. The lowest BCUT2D eigenvalue weighted by atomic mass is 10.2. The molecule has 1 heterocycles. The van der Waals surface area contributed by atoms with Gasteiger partial charge in [0, 0.05) is 0 Å². The maximum Gasteiger partial charge on any atom is 0.204 e. The van der Waals surface area contributed by atoms with E-state index in [1.165, 1.54) is 10.3 Å². The van der Waals surface area contributed by atoms with Crippen molar-refractivity contribution in [1.29, 1.82) is 0 Å². The number of anilines is 1. The van der Waals surface area contributed by atoms with Crippen LogP contribution in [0.3, 0.4) is 0 Å². The topological polar surface area (TPSA) is 46.5 Å². The molecule has 1 N–H and O–H groups in total. The Bertz CT molecular complexity index is 845. The van der Waals surface area contributed by atoms with Gasteiger partial charge < -0.3 is 4.74 Å². The van der Waals surface area contributed by atoms with Crippen molar-refractivity contribution >= 4 is 48.8 Å². The molecule has 0 fully saturated rings. The molecule has 0 amide bonds. The van der Waals surface area contributed by atoms with Crippen LogP contribution in [0.1, 0.15) is 11.1 Å². The molecule has 0 aliphatic carbocycles. The minimum absolute atomic E-state index is 0.785. The number of nitrogens with zero attached hydrogens (tertiary/aromatic N) is 2. The highest BCUT2D eigenvalue weighted by atomic mass is 79.9. The van der Waals surface area contributed by atoms with Crippen LogP contribution in [0, 0.1) is 6.92 Å². The van der Waals surface area contributed by atoms with Gasteiger partial charge in [-0.2, -0.15) is 5.10 Å². The van der Waals surface area contributed by atoms with E-state index < -0.39 is 0 Å². The van der Waals surface area contributed by atoms with Crippen molar-refractivity contribution in [2.75, 3.05) is 12.5 Å². The van der Waals surface area contributed by atoms with E-state index in [1.54, 1.807) is 24.7 Å². The van der Waals surface area contributed by atoms with Gasteiger partial charge in [0.2, 0.25) is 5.13 Å². The van der Waals surface area contributed by atoms with Crippen molar-refractivity contribution in [1.82, 2.24) is 4.98 Å². The molecule has 2 aromatic carbocycles. The molecule has 22 heavy (non-hydrogen) atoms. The summed E-state index contributed by atoms with van der Waals surface area (Å²) in [7, 11) is 1.64. The van der Waals surface area contributed by atoms with Crippen LogP contribution < -0.4 is 10.2 Å². The van der Waals surface area contributed by atoms with Crippen LogP contribution in [-0.2, 0) is 0 Å². The molecular weight excluding hydrogens is 362 g/mol. The second-order valence-corrected chi connectivity index (χ2v) is 6.56. The SMILES string of the molecule is COc1ccc(/C=N\Nc2nc3cccc(C)c3s2)cc1Br. The first-order valence-electron chi connectivity index (χ1n) is 6.66. The maximum atomic E-state index is 5.20. The van der Waals surface area contributed by atoms with Gasteiger partial charge in [0.25, 0.3) is 0 Å². The van der Waals surface area contributed by atoms with Crippen LogP contribution in [0.25, 0.3) is 10.2 Å². The Morgan fingerprint density at radius 2 is 2.18 bits per heavy atom. The van der Waals surface area contributed by atoms with E-state index in [4.69, 9.17) is 4.74 Å². The number of nitrogens with one attached hydrogen (secondary N) is 1. The van der Waals surface area contributed by atoms with E-state index >= 15 is 0 Å². The van der Waals surface area contributed by atoms with E-state index in [0.29, 0.717) is 0 Å². The first-order chi connectivity index (χ1) is 10.7. The average Bonchev–Trinajstić information content (AvgIpc) is 2.92. The van der Waals surface area contributed by atoms with Crippen molar-refractivity contribution in [2.45, 2.75) is 6.92 Å². The summed E-state index contributed by atoms with van der Waals surface area (Å²) in [5.41, 5.74) is 6.18. The standard InChI is InChI=1S/C16H14BrN3OS/c1-10-4-3-5-13-15(10)22-16(19-13)20-18-9-11-6-7-14(21-2)12(17)8-11/h3-9H,1-2H3,(H,19,20)/b18-9-. The van der Waals surface area contributed by atoms with Gasteiger partial charge in [-0.3, -0.25) is 5.43 Å². The van der Waals surface area contributed by atoms with Crippen molar-refractivity contribution in [3.63, 3.8) is 0 Å². The molecule has 0 aliphatic heterocycles. The number of hydrogen-bond donors (Lipinski definition) is 1. The van der Waals surface area contributed by atoms with Crippen molar-refractivity contribution < 1.29 is 4.74 Å². The molecule has 3 rings (SSSR count). The molecule has 0 spiro atoms. The summed E-state index contributed by atoms with van der Waals surface area (Å²) in [6, 6.07) is 11.9. The zero-order valence-corrected chi connectivity index (χ0v) is 14.5. The fourth-order valence-corrected chi connectivity index (χ4v) is 3.50. The van der Waals surface area contributed by atoms with Crippen LogP contribution in [0.15, 0.2) is 46.0 Å². The summed E-state index contributed by atoms with van der Waals surface area (Å²) in [6.07, 6.45) is 1.75. The summed E-state index contributed by atoms with van der Waals surface area (Å²) < 4.78 is 7.29. The molecule has 0 bridgehead atoms. The smallest absolute Gasteiger partial charge is 0.204 e. The van der Waals surface area contributed by atoms with Crippen LogP contribution >= 0.6 is 27.3 Å². The second kappa shape index (κ2) is 6.46. The molecule has 3 aromatic rings. The van der Waals surface area contributed by atoms with Crippen LogP contribution in [-0.4, -0.2) is 18.3 Å². The number of methoxy groups -OCH3 is 1. The van der Waals surface area contributed by atoms with Gasteiger partial charge in [-0.25, -0.2) is 4.98 Å². The molecule has 0 atom stereocenters. The lowest BCUT2D eigenvalue weighted by Gasteiger charge is -2.02. The number of hydrazone groups is 1. The Kier molecular flexibility index (Phi) is 4.40. The Morgan fingerprint density at radius 3 is 2.91 bits per heavy atom. The van der Waals surface area contributed by atoms with Gasteiger partial charge in [0.05, 0.1) is 28.0 Å². The minimum Gasteiger partial charge on any atom is -0.496 e. The van der Waals surface area contributed by atoms with Crippen molar-refractivity contribution in [2.24, 2.45) is 5.10 Å².